The number of rotatable bonds is 3. The molecule has 152 valence electrons. The van der Waals surface area contributed by atoms with Gasteiger partial charge in [-0.3, -0.25) is 4.57 Å². The first-order valence-electron chi connectivity index (χ1n) is 10.2. The van der Waals surface area contributed by atoms with Gasteiger partial charge in [0, 0.05) is 23.7 Å². The Morgan fingerprint density at radius 3 is 1.39 bits per heavy atom. The van der Waals surface area contributed by atoms with Gasteiger partial charge < -0.3 is 4.74 Å². The van der Waals surface area contributed by atoms with Gasteiger partial charge in [0.1, 0.15) is 0 Å². The summed E-state index contributed by atoms with van der Waals surface area (Å²) in [7, 11) is -2.89. The lowest BCUT2D eigenvalue weighted by Crippen LogP contribution is -2.40. The van der Waals surface area contributed by atoms with E-state index in [-0.39, 0.29) is 10.8 Å². The lowest BCUT2D eigenvalue weighted by Gasteiger charge is -2.35. The molecule has 1 aliphatic rings. The van der Waals surface area contributed by atoms with Gasteiger partial charge in [-0.05, 0) is 46.2 Å². The van der Waals surface area contributed by atoms with Gasteiger partial charge in [0.25, 0.3) is 0 Å². The molecule has 28 heavy (non-hydrogen) atoms. The molecular weight excluding hydrogens is 365 g/mol. The summed E-state index contributed by atoms with van der Waals surface area (Å²) in [6, 6.07) is 16.8. The van der Waals surface area contributed by atoms with Crippen LogP contribution in [0.1, 0.15) is 52.7 Å². The van der Waals surface area contributed by atoms with Crippen molar-refractivity contribution < 1.29 is 9.30 Å². The topological polar surface area (TPSA) is 29.5 Å². The Labute approximate surface area is 170 Å². The predicted molar refractivity (Wildman–Crippen MR) is 120 cm³/mol. The van der Waals surface area contributed by atoms with Crippen LogP contribution in [0.4, 0.5) is 0 Å². The Hall–Kier alpha value is -1.41. The normalized spacial score (nSPS) is 16.9. The highest BCUT2D eigenvalue weighted by molar-refractivity contribution is 7.76. The van der Waals surface area contributed by atoms with E-state index in [0.29, 0.717) is 26.3 Å². The Balaban J connectivity index is 2.07. The second-order valence-corrected chi connectivity index (χ2v) is 12.5. The fraction of sp³-hybridized carbons (Fsp3) is 0.500. The van der Waals surface area contributed by atoms with Crippen LogP contribution < -0.4 is 10.6 Å². The van der Waals surface area contributed by atoms with Crippen molar-refractivity contribution in [1.82, 2.24) is 4.67 Å². The van der Waals surface area contributed by atoms with Gasteiger partial charge in [-0.2, -0.15) is 0 Å². The van der Waals surface area contributed by atoms with Crippen LogP contribution in [0.25, 0.3) is 0 Å². The van der Waals surface area contributed by atoms with Crippen molar-refractivity contribution >= 4 is 17.9 Å². The predicted octanol–water partition coefficient (Wildman–Crippen LogP) is 4.84. The van der Waals surface area contributed by atoms with E-state index in [2.05, 4.69) is 94.7 Å². The van der Waals surface area contributed by atoms with E-state index in [1.165, 1.54) is 11.1 Å². The maximum absolute atomic E-state index is 14.6. The van der Waals surface area contributed by atoms with Crippen molar-refractivity contribution in [2.75, 3.05) is 26.3 Å². The highest BCUT2D eigenvalue weighted by Crippen LogP contribution is 2.48. The quantitative estimate of drug-likeness (QED) is 0.692. The Morgan fingerprint density at radius 2 is 1.07 bits per heavy atom. The van der Waals surface area contributed by atoms with E-state index in [0.717, 1.165) is 10.6 Å². The van der Waals surface area contributed by atoms with E-state index < -0.39 is 7.29 Å². The molecule has 0 aliphatic carbocycles. The number of morpholine rings is 1. The average Bonchev–Trinajstić information content (AvgIpc) is 2.67. The molecular formula is C24H34NO2P. The van der Waals surface area contributed by atoms with Crippen LogP contribution in [-0.4, -0.2) is 31.0 Å². The van der Waals surface area contributed by atoms with E-state index in [1.54, 1.807) is 0 Å². The summed E-state index contributed by atoms with van der Waals surface area (Å²) in [6.45, 7) is 15.9. The summed E-state index contributed by atoms with van der Waals surface area (Å²) in [5.74, 6) is 0. The molecule has 0 aromatic heterocycles. The molecule has 0 amide bonds. The van der Waals surface area contributed by atoms with E-state index in [9.17, 15) is 4.57 Å². The number of nitrogens with zero attached hydrogens (tertiary/aromatic N) is 1. The molecule has 0 radical (unpaired) electrons. The molecule has 0 unspecified atom stereocenters. The molecule has 1 aliphatic heterocycles. The number of hydrogen-bond acceptors (Lipinski definition) is 2. The molecule has 0 atom stereocenters. The second-order valence-electron chi connectivity index (χ2n) is 9.74. The smallest absolute Gasteiger partial charge is 0.207 e. The van der Waals surface area contributed by atoms with Gasteiger partial charge in [-0.25, -0.2) is 4.67 Å². The fourth-order valence-corrected chi connectivity index (χ4v) is 6.42. The first kappa shape index (κ1) is 21.3. The zero-order valence-electron chi connectivity index (χ0n) is 18.2. The minimum Gasteiger partial charge on any atom is -0.379 e. The van der Waals surface area contributed by atoms with Crippen LogP contribution >= 0.6 is 7.29 Å². The highest BCUT2D eigenvalue weighted by atomic mass is 31.2. The zero-order valence-corrected chi connectivity index (χ0v) is 19.1. The molecule has 3 nitrogen and oxygen atoms in total. The average molecular weight is 400 g/mol. The van der Waals surface area contributed by atoms with Gasteiger partial charge in [-0.15, -0.1) is 0 Å². The summed E-state index contributed by atoms with van der Waals surface area (Å²) in [5.41, 5.74) is 2.67. The molecule has 0 saturated carbocycles. The lowest BCUT2D eigenvalue weighted by molar-refractivity contribution is 0.0732. The van der Waals surface area contributed by atoms with E-state index in [4.69, 9.17) is 4.74 Å². The maximum Gasteiger partial charge on any atom is 0.207 e. The Kier molecular flexibility index (Phi) is 5.92. The van der Waals surface area contributed by atoms with Crippen molar-refractivity contribution in [2.45, 2.75) is 52.4 Å². The Bertz CT molecular complexity index is 775. The van der Waals surface area contributed by atoms with Crippen molar-refractivity contribution in [3.63, 3.8) is 0 Å². The molecule has 1 saturated heterocycles. The Morgan fingerprint density at radius 1 is 0.714 bits per heavy atom. The minimum absolute atomic E-state index is 0.0792. The molecule has 1 heterocycles. The molecule has 0 bridgehead atoms. The van der Waals surface area contributed by atoms with E-state index >= 15 is 0 Å². The summed E-state index contributed by atoms with van der Waals surface area (Å²) < 4.78 is 22.2. The van der Waals surface area contributed by atoms with Gasteiger partial charge in [0.05, 0.1) is 13.2 Å². The van der Waals surface area contributed by atoms with Crippen LogP contribution in [0.5, 0.6) is 0 Å². The van der Waals surface area contributed by atoms with Crippen molar-refractivity contribution in [3.8, 4) is 0 Å². The molecule has 1 fully saturated rings. The van der Waals surface area contributed by atoms with Crippen molar-refractivity contribution in [3.05, 3.63) is 59.7 Å². The lowest BCUT2D eigenvalue weighted by atomic mass is 9.87. The molecule has 0 spiro atoms. The SMILES string of the molecule is CC(C)(C)c1ccc(P(=O)(c2ccc(C(C)(C)C)cc2)N2CCOCC2)cc1. The first-order chi connectivity index (χ1) is 13.0. The zero-order chi connectivity index (χ0) is 20.6. The fourth-order valence-electron chi connectivity index (χ4n) is 3.64. The van der Waals surface area contributed by atoms with Crippen LogP contribution in [0.2, 0.25) is 0 Å². The third-order valence-electron chi connectivity index (χ3n) is 5.55. The molecule has 2 aromatic rings. The number of ether oxygens (including phenoxy) is 1. The summed E-state index contributed by atoms with van der Waals surface area (Å²) in [5, 5.41) is 1.82. The third-order valence-corrected chi connectivity index (χ3v) is 8.75. The van der Waals surface area contributed by atoms with Gasteiger partial charge in [0.2, 0.25) is 7.29 Å². The highest BCUT2D eigenvalue weighted by Gasteiger charge is 2.36. The third kappa shape index (κ3) is 4.27. The standard InChI is InChI=1S/C24H34NO2P/c1-23(2,3)19-7-11-21(12-8-19)28(26,25-15-17-27-18-16-25)22-13-9-20(10-14-22)24(4,5)6/h7-14H,15-18H2,1-6H3. The van der Waals surface area contributed by atoms with Gasteiger partial charge >= 0.3 is 0 Å². The number of benzene rings is 2. The summed E-state index contributed by atoms with van der Waals surface area (Å²) >= 11 is 0. The molecule has 4 heteroatoms. The van der Waals surface area contributed by atoms with Crippen LogP contribution in [0.15, 0.2) is 48.5 Å². The van der Waals surface area contributed by atoms with Crippen LogP contribution in [0.3, 0.4) is 0 Å². The minimum atomic E-state index is -2.89. The molecule has 2 aromatic carbocycles. The van der Waals surface area contributed by atoms with Crippen LogP contribution in [0, 0.1) is 0 Å². The van der Waals surface area contributed by atoms with Crippen molar-refractivity contribution in [2.24, 2.45) is 0 Å². The maximum atomic E-state index is 14.6. The largest absolute Gasteiger partial charge is 0.379 e. The number of hydrogen-bond donors (Lipinski definition) is 0. The second kappa shape index (κ2) is 7.78. The van der Waals surface area contributed by atoms with Crippen molar-refractivity contribution in [1.29, 1.82) is 0 Å². The van der Waals surface area contributed by atoms with E-state index in [1.807, 2.05) is 0 Å². The summed E-state index contributed by atoms with van der Waals surface area (Å²) in [4.78, 5) is 0. The van der Waals surface area contributed by atoms with Crippen LogP contribution in [-0.2, 0) is 20.1 Å². The molecule has 0 N–H and O–H groups in total. The monoisotopic (exact) mass is 399 g/mol. The van der Waals surface area contributed by atoms with Gasteiger partial charge in [-0.1, -0.05) is 65.8 Å². The van der Waals surface area contributed by atoms with Gasteiger partial charge in [0.15, 0.2) is 0 Å². The summed E-state index contributed by atoms with van der Waals surface area (Å²) in [6.07, 6.45) is 0. The molecule has 3 rings (SSSR count). The first-order valence-corrected chi connectivity index (χ1v) is 11.8.